The van der Waals surface area contributed by atoms with E-state index >= 15 is 0 Å². The zero-order valence-electron chi connectivity index (χ0n) is 19.8. The van der Waals surface area contributed by atoms with Gasteiger partial charge in [0.25, 0.3) is 11.8 Å². The number of halogens is 3. The van der Waals surface area contributed by atoms with Gasteiger partial charge in [0.1, 0.15) is 11.4 Å². The van der Waals surface area contributed by atoms with Gasteiger partial charge >= 0.3 is 0 Å². The van der Waals surface area contributed by atoms with Crippen molar-refractivity contribution in [1.82, 2.24) is 20.1 Å². The second-order valence-electron chi connectivity index (χ2n) is 8.35. The van der Waals surface area contributed by atoms with Crippen LogP contribution in [0.3, 0.4) is 0 Å². The van der Waals surface area contributed by atoms with E-state index in [1.165, 1.54) is 28.2 Å². The summed E-state index contributed by atoms with van der Waals surface area (Å²) >= 11 is 17.5. The monoisotopic (exact) mass is 621 g/mol. The zero-order chi connectivity index (χ0) is 26.5. The number of hydrogen-bond acceptors (Lipinski definition) is 6. The van der Waals surface area contributed by atoms with Gasteiger partial charge in [0, 0.05) is 33.7 Å². The SMILES string of the molecule is CC(C)CCNC(=O)c1cc(Cl)cc(Br)c1NC(=O)c1cc(Oc2ccsc2)nn1-c1ncccc1Cl. The topological polar surface area (TPSA) is 98.1 Å². The van der Waals surface area contributed by atoms with Crippen molar-refractivity contribution in [2.24, 2.45) is 5.92 Å². The van der Waals surface area contributed by atoms with E-state index in [9.17, 15) is 9.59 Å². The van der Waals surface area contributed by atoms with E-state index < -0.39 is 5.91 Å². The number of nitrogens with one attached hydrogen (secondary N) is 2. The Morgan fingerprint density at radius 3 is 2.70 bits per heavy atom. The normalized spacial score (nSPS) is 11.0. The van der Waals surface area contributed by atoms with Crippen LogP contribution in [0.1, 0.15) is 41.1 Å². The number of rotatable bonds is 9. The van der Waals surface area contributed by atoms with Gasteiger partial charge in [-0.2, -0.15) is 0 Å². The molecule has 3 aromatic heterocycles. The summed E-state index contributed by atoms with van der Waals surface area (Å²) in [5.74, 6) is 0.503. The Morgan fingerprint density at radius 1 is 1.19 bits per heavy atom. The maximum absolute atomic E-state index is 13.6. The lowest BCUT2D eigenvalue weighted by molar-refractivity contribution is 0.0953. The van der Waals surface area contributed by atoms with Crippen molar-refractivity contribution < 1.29 is 14.3 Å². The first-order valence-corrected chi connectivity index (χ1v) is 13.7. The average Bonchev–Trinajstić information content (AvgIpc) is 3.51. The Kier molecular flexibility index (Phi) is 8.86. The number of ether oxygens (including phenoxy) is 1. The standard InChI is InChI=1S/C25H22BrCl2N5O3S/c1-14(2)5-8-30-24(34)17-10-15(27)11-18(26)22(17)31-25(35)20-12-21(36-16-6-9-37-13-16)32-33(20)23-19(28)4-3-7-29-23/h3-4,6-7,9-14H,5,8H2,1-2H3,(H,30,34)(H,31,35). The molecule has 1 aromatic carbocycles. The van der Waals surface area contributed by atoms with Crippen molar-refractivity contribution in [2.45, 2.75) is 20.3 Å². The first-order chi connectivity index (χ1) is 17.7. The molecule has 0 aliphatic rings. The molecule has 8 nitrogen and oxygen atoms in total. The summed E-state index contributed by atoms with van der Waals surface area (Å²) in [6, 6.07) is 9.68. The van der Waals surface area contributed by atoms with Gasteiger partial charge in [-0.3, -0.25) is 9.59 Å². The van der Waals surface area contributed by atoms with Gasteiger partial charge in [-0.15, -0.1) is 16.4 Å². The number of anilines is 1. The lowest BCUT2D eigenvalue weighted by Gasteiger charge is -2.15. The molecule has 2 N–H and O–H groups in total. The van der Waals surface area contributed by atoms with Gasteiger partial charge in [0.05, 0.1) is 16.3 Å². The molecule has 0 radical (unpaired) electrons. The highest BCUT2D eigenvalue weighted by atomic mass is 79.9. The maximum Gasteiger partial charge on any atom is 0.274 e. The molecule has 37 heavy (non-hydrogen) atoms. The molecule has 0 bridgehead atoms. The highest BCUT2D eigenvalue weighted by Gasteiger charge is 2.24. The van der Waals surface area contributed by atoms with E-state index in [0.29, 0.717) is 32.7 Å². The van der Waals surface area contributed by atoms with Crippen molar-refractivity contribution in [3.05, 3.63) is 79.1 Å². The number of nitrogens with zero attached hydrogens (tertiary/aromatic N) is 3. The third-order valence-corrected chi connectivity index (χ3v) is 6.92. The van der Waals surface area contributed by atoms with Crippen LogP contribution in [0.25, 0.3) is 5.82 Å². The number of benzene rings is 1. The third kappa shape index (κ3) is 6.70. The highest BCUT2D eigenvalue weighted by molar-refractivity contribution is 9.10. The molecule has 3 heterocycles. The molecule has 4 rings (SSSR count). The number of amides is 2. The van der Waals surface area contributed by atoms with Gasteiger partial charge in [-0.25, -0.2) is 9.67 Å². The molecule has 0 fully saturated rings. The lowest BCUT2D eigenvalue weighted by Crippen LogP contribution is -2.27. The van der Waals surface area contributed by atoms with Crippen LogP contribution >= 0.6 is 50.5 Å². The van der Waals surface area contributed by atoms with Gasteiger partial charge < -0.3 is 15.4 Å². The number of hydrogen-bond donors (Lipinski definition) is 2. The third-order valence-electron chi connectivity index (χ3n) is 5.12. The maximum atomic E-state index is 13.6. The summed E-state index contributed by atoms with van der Waals surface area (Å²) in [6.07, 6.45) is 2.35. The Bertz CT molecular complexity index is 1430. The number of carbonyl (C=O) groups is 2. The van der Waals surface area contributed by atoms with E-state index in [2.05, 4.69) is 50.5 Å². The molecular weight excluding hydrogens is 601 g/mol. The molecule has 0 atom stereocenters. The van der Waals surface area contributed by atoms with Crippen LogP contribution in [0.5, 0.6) is 11.6 Å². The van der Waals surface area contributed by atoms with Crippen LogP contribution in [0.2, 0.25) is 10.0 Å². The fourth-order valence-corrected chi connectivity index (χ4v) is 4.99. The second-order valence-corrected chi connectivity index (χ2v) is 10.8. The molecular formula is C25H22BrCl2N5O3S. The number of pyridine rings is 1. The van der Waals surface area contributed by atoms with Crippen LogP contribution in [-0.4, -0.2) is 33.1 Å². The summed E-state index contributed by atoms with van der Waals surface area (Å²) in [4.78, 5) is 30.8. The fraction of sp³-hybridized carbons (Fsp3) is 0.200. The van der Waals surface area contributed by atoms with Crippen LogP contribution in [-0.2, 0) is 0 Å². The van der Waals surface area contributed by atoms with Gasteiger partial charge in [0.15, 0.2) is 5.82 Å². The average molecular weight is 623 g/mol. The summed E-state index contributed by atoms with van der Waals surface area (Å²) in [5, 5.41) is 14.4. The first-order valence-electron chi connectivity index (χ1n) is 11.2. The first kappa shape index (κ1) is 27.1. The Labute approximate surface area is 236 Å². The molecule has 0 aliphatic heterocycles. The molecule has 4 aromatic rings. The Morgan fingerprint density at radius 2 is 2.00 bits per heavy atom. The summed E-state index contributed by atoms with van der Waals surface area (Å²) in [6.45, 7) is 4.63. The molecule has 2 amide bonds. The Hall–Kier alpha value is -2.92. The smallest absolute Gasteiger partial charge is 0.274 e. The predicted molar refractivity (Wildman–Crippen MR) is 150 cm³/mol. The minimum Gasteiger partial charge on any atom is -0.437 e. The van der Waals surface area contributed by atoms with Gasteiger partial charge in [-0.05, 0) is 64.0 Å². The molecule has 0 unspecified atom stereocenters. The molecule has 0 saturated heterocycles. The van der Waals surface area contributed by atoms with Crippen molar-refractivity contribution in [2.75, 3.05) is 11.9 Å². The van der Waals surface area contributed by atoms with Crippen LogP contribution in [0.15, 0.2) is 57.8 Å². The van der Waals surface area contributed by atoms with E-state index in [4.69, 9.17) is 27.9 Å². The van der Waals surface area contributed by atoms with Crippen molar-refractivity contribution in [3.8, 4) is 17.4 Å². The predicted octanol–water partition coefficient (Wildman–Crippen LogP) is 7.22. The number of thiophene rings is 1. The van der Waals surface area contributed by atoms with Gasteiger partial charge in [-0.1, -0.05) is 37.0 Å². The summed E-state index contributed by atoms with van der Waals surface area (Å²) in [5.41, 5.74) is 0.573. The van der Waals surface area contributed by atoms with E-state index in [1.54, 1.807) is 30.5 Å². The molecule has 192 valence electrons. The second kappa shape index (κ2) is 12.1. The largest absolute Gasteiger partial charge is 0.437 e. The van der Waals surface area contributed by atoms with Crippen molar-refractivity contribution in [1.29, 1.82) is 0 Å². The number of aromatic nitrogens is 3. The minimum atomic E-state index is -0.561. The quantitative estimate of drug-likeness (QED) is 0.205. The van der Waals surface area contributed by atoms with Crippen molar-refractivity contribution in [3.63, 3.8) is 0 Å². The summed E-state index contributed by atoms with van der Waals surface area (Å²) < 4.78 is 7.54. The summed E-state index contributed by atoms with van der Waals surface area (Å²) in [7, 11) is 0. The van der Waals surface area contributed by atoms with Crippen LogP contribution in [0, 0.1) is 5.92 Å². The van der Waals surface area contributed by atoms with E-state index in [-0.39, 0.29) is 34.5 Å². The molecule has 0 aliphatic carbocycles. The van der Waals surface area contributed by atoms with E-state index in [1.807, 2.05) is 10.8 Å². The highest BCUT2D eigenvalue weighted by Crippen LogP contribution is 2.32. The molecule has 12 heteroatoms. The Balaban J connectivity index is 1.69. The van der Waals surface area contributed by atoms with Crippen LogP contribution < -0.4 is 15.4 Å². The zero-order valence-corrected chi connectivity index (χ0v) is 23.7. The van der Waals surface area contributed by atoms with Crippen molar-refractivity contribution >= 4 is 68.0 Å². The number of carbonyl (C=O) groups excluding carboxylic acids is 2. The van der Waals surface area contributed by atoms with Gasteiger partial charge in [0.2, 0.25) is 5.88 Å². The molecule has 0 saturated carbocycles. The fourth-order valence-electron chi connectivity index (χ4n) is 3.32. The molecule has 0 spiro atoms. The lowest BCUT2D eigenvalue weighted by atomic mass is 10.1. The van der Waals surface area contributed by atoms with E-state index in [0.717, 1.165) is 6.42 Å². The van der Waals surface area contributed by atoms with Crippen LogP contribution in [0.4, 0.5) is 5.69 Å². The minimum absolute atomic E-state index is 0.0962.